The van der Waals surface area contributed by atoms with E-state index in [4.69, 9.17) is 4.74 Å². The van der Waals surface area contributed by atoms with Crippen LogP contribution in [0.15, 0.2) is 11.6 Å². The minimum atomic E-state index is 0.137. The third-order valence-corrected chi connectivity index (χ3v) is 5.64. The zero-order valence-electron chi connectivity index (χ0n) is 13.7. The lowest BCUT2D eigenvalue weighted by molar-refractivity contribution is 0.0209. The lowest BCUT2D eigenvalue weighted by atomic mass is 9.80. The van der Waals surface area contributed by atoms with Crippen LogP contribution in [0.3, 0.4) is 0 Å². The third kappa shape index (κ3) is 4.03. The first-order chi connectivity index (χ1) is 10.8. The summed E-state index contributed by atoms with van der Waals surface area (Å²) in [6.45, 7) is 4.35. The highest BCUT2D eigenvalue weighted by atomic mass is 16.5. The fourth-order valence-electron chi connectivity index (χ4n) is 4.07. The van der Waals surface area contributed by atoms with E-state index in [1.165, 1.54) is 32.1 Å². The van der Waals surface area contributed by atoms with Crippen molar-refractivity contribution in [1.82, 2.24) is 10.2 Å². The number of ether oxygens (including phenoxy) is 1. The molecule has 1 aliphatic carbocycles. The summed E-state index contributed by atoms with van der Waals surface area (Å²) in [6.07, 6.45) is 13.2. The van der Waals surface area contributed by atoms with E-state index in [1.807, 2.05) is 4.90 Å². The van der Waals surface area contributed by atoms with Crippen LogP contribution in [0.5, 0.6) is 0 Å². The molecule has 4 heteroatoms. The van der Waals surface area contributed by atoms with Crippen molar-refractivity contribution in [3.05, 3.63) is 11.6 Å². The van der Waals surface area contributed by atoms with Gasteiger partial charge in [-0.15, -0.1) is 0 Å². The highest BCUT2D eigenvalue weighted by Crippen LogP contribution is 2.39. The highest BCUT2D eigenvalue weighted by molar-refractivity contribution is 5.74. The molecule has 2 saturated heterocycles. The van der Waals surface area contributed by atoms with E-state index in [0.717, 1.165) is 58.5 Å². The van der Waals surface area contributed by atoms with Gasteiger partial charge in [0.25, 0.3) is 0 Å². The topological polar surface area (TPSA) is 41.6 Å². The second-order valence-corrected chi connectivity index (χ2v) is 7.23. The number of urea groups is 1. The lowest BCUT2D eigenvalue weighted by Crippen LogP contribution is -2.41. The molecule has 0 bridgehead atoms. The molecule has 22 heavy (non-hydrogen) atoms. The number of nitrogens with one attached hydrogen (secondary N) is 1. The molecule has 3 rings (SSSR count). The molecule has 2 fully saturated rings. The molecule has 1 N–H and O–H groups in total. The molecule has 2 heterocycles. The Bertz CT molecular complexity index is 413. The first kappa shape index (κ1) is 15.9. The molecule has 0 radical (unpaired) electrons. The molecule has 124 valence electrons. The van der Waals surface area contributed by atoms with E-state index in [9.17, 15) is 4.79 Å². The van der Waals surface area contributed by atoms with Crippen LogP contribution in [-0.2, 0) is 4.74 Å². The standard InChI is InChI=1S/C18H30N2O2/c21-17(19-11-7-16-5-3-1-2-4-6-16)20-12-8-18(15-20)9-13-22-14-10-18/h5H,1-4,6-15H2,(H,19,21). The van der Waals surface area contributed by atoms with Crippen molar-refractivity contribution in [3.63, 3.8) is 0 Å². The van der Waals surface area contributed by atoms with Gasteiger partial charge in [-0.25, -0.2) is 4.79 Å². The number of likely N-dealkylation sites (tertiary alicyclic amines) is 1. The molecule has 0 saturated carbocycles. The average molecular weight is 306 g/mol. The lowest BCUT2D eigenvalue weighted by Gasteiger charge is -2.33. The SMILES string of the molecule is O=C(NCCC1=CCCCCC1)N1CCC2(CCOCC2)C1. The average Bonchev–Trinajstić information content (AvgIpc) is 2.77. The maximum Gasteiger partial charge on any atom is 0.317 e. The van der Waals surface area contributed by atoms with Gasteiger partial charge in [-0.2, -0.15) is 0 Å². The number of hydrogen-bond acceptors (Lipinski definition) is 2. The summed E-state index contributed by atoms with van der Waals surface area (Å²) >= 11 is 0. The Morgan fingerprint density at radius 3 is 2.95 bits per heavy atom. The summed E-state index contributed by atoms with van der Waals surface area (Å²) in [4.78, 5) is 14.4. The number of rotatable bonds is 3. The van der Waals surface area contributed by atoms with Gasteiger partial charge in [0.2, 0.25) is 0 Å². The number of amides is 2. The number of carbonyl (C=O) groups is 1. The van der Waals surface area contributed by atoms with Gasteiger partial charge in [0.15, 0.2) is 0 Å². The quantitative estimate of drug-likeness (QED) is 0.811. The van der Waals surface area contributed by atoms with Crippen LogP contribution < -0.4 is 5.32 Å². The van der Waals surface area contributed by atoms with Crippen molar-refractivity contribution >= 4 is 6.03 Å². The molecular formula is C18H30N2O2. The molecule has 0 atom stereocenters. The summed E-state index contributed by atoms with van der Waals surface area (Å²) in [5.74, 6) is 0. The van der Waals surface area contributed by atoms with E-state index in [2.05, 4.69) is 11.4 Å². The summed E-state index contributed by atoms with van der Waals surface area (Å²) in [5, 5.41) is 3.13. The Hall–Kier alpha value is -1.03. The van der Waals surface area contributed by atoms with Gasteiger partial charge < -0.3 is 15.0 Å². The highest BCUT2D eigenvalue weighted by Gasteiger charge is 2.40. The van der Waals surface area contributed by atoms with Gasteiger partial charge >= 0.3 is 6.03 Å². The van der Waals surface area contributed by atoms with E-state index in [0.29, 0.717) is 5.41 Å². The van der Waals surface area contributed by atoms with E-state index < -0.39 is 0 Å². The predicted octanol–water partition coefficient (Wildman–Crippen LogP) is 3.48. The summed E-state index contributed by atoms with van der Waals surface area (Å²) in [6, 6.07) is 0.137. The maximum atomic E-state index is 12.3. The summed E-state index contributed by atoms with van der Waals surface area (Å²) in [7, 11) is 0. The first-order valence-electron chi connectivity index (χ1n) is 9.06. The molecule has 2 amide bonds. The summed E-state index contributed by atoms with van der Waals surface area (Å²) in [5.41, 5.74) is 1.89. The number of nitrogens with zero attached hydrogens (tertiary/aromatic N) is 1. The van der Waals surface area contributed by atoms with Gasteiger partial charge in [0.05, 0.1) is 0 Å². The molecule has 1 spiro atoms. The smallest absolute Gasteiger partial charge is 0.317 e. The number of hydrogen-bond donors (Lipinski definition) is 1. The van der Waals surface area contributed by atoms with Gasteiger partial charge in [0, 0.05) is 32.8 Å². The van der Waals surface area contributed by atoms with Crippen LogP contribution in [0.1, 0.15) is 57.8 Å². The molecule has 2 aliphatic heterocycles. The van der Waals surface area contributed by atoms with Crippen molar-refractivity contribution in [2.75, 3.05) is 32.8 Å². The fourth-order valence-corrected chi connectivity index (χ4v) is 4.07. The van der Waals surface area contributed by atoms with Crippen LogP contribution >= 0.6 is 0 Å². The van der Waals surface area contributed by atoms with Crippen LogP contribution in [-0.4, -0.2) is 43.8 Å². The summed E-state index contributed by atoms with van der Waals surface area (Å²) < 4.78 is 5.47. The van der Waals surface area contributed by atoms with E-state index in [1.54, 1.807) is 5.57 Å². The van der Waals surface area contributed by atoms with Crippen molar-refractivity contribution in [2.24, 2.45) is 5.41 Å². The Kier molecular flexibility index (Phi) is 5.40. The van der Waals surface area contributed by atoms with Crippen LogP contribution in [0.25, 0.3) is 0 Å². The minimum absolute atomic E-state index is 0.137. The predicted molar refractivity (Wildman–Crippen MR) is 87.9 cm³/mol. The molecule has 3 aliphatic rings. The monoisotopic (exact) mass is 306 g/mol. The van der Waals surface area contributed by atoms with E-state index in [-0.39, 0.29) is 6.03 Å². The second kappa shape index (κ2) is 7.49. The number of allylic oxidation sites excluding steroid dienone is 1. The Balaban J connectivity index is 1.40. The second-order valence-electron chi connectivity index (χ2n) is 7.23. The molecule has 0 unspecified atom stereocenters. The van der Waals surface area contributed by atoms with Crippen molar-refractivity contribution in [3.8, 4) is 0 Å². The Labute approximate surface area is 134 Å². The molecule has 0 aromatic carbocycles. The first-order valence-corrected chi connectivity index (χ1v) is 9.06. The van der Waals surface area contributed by atoms with Crippen molar-refractivity contribution in [2.45, 2.75) is 57.8 Å². The van der Waals surface area contributed by atoms with Crippen LogP contribution in [0, 0.1) is 5.41 Å². The number of carbonyl (C=O) groups excluding carboxylic acids is 1. The van der Waals surface area contributed by atoms with Gasteiger partial charge in [0.1, 0.15) is 0 Å². The van der Waals surface area contributed by atoms with Crippen LogP contribution in [0.2, 0.25) is 0 Å². The Morgan fingerprint density at radius 1 is 1.23 bits per heavy atom. The third-order valence-electron chi connectivity index (χ3n) is 5.64. The molecular weight excluding hydrogens is 276 g/mol. The van der Waals surface area contributed by atoms with Crippen LogP contribution in [0.4, 0.5) is 4.79 Å². The zero-order chi connectivity index (χ0) is 15.3. The van der Waals surface area contributed by atoms with Gasteiger partial charge in [-0.05, 0) is 56.8 Å². The molecule has 0 aromatic heterocycles. The maximum absolute atomic E-state index is 12.3. The largest absolute Gasteiger partial charge is 0.381 e. The normalized spacial score (nSPS) is 24.9. The van der Waals surface area contributed by atoms with Gasteiger partial charge in [-0.1, -0.05) is 18.1 Å². The van der Waals surface area contributed by atoms with E-state index >= 15 is 0 Å². The zero-order valence-corrected chi connectivity index (χ0v) is 13.7. The van der Waals surface area contributed by atoms with Crippen molar-refractivity contribution in [1.29, 1.82) is 0 Å². The molecule has 0 aromatic rings. The minimum Gasteiger partial charge on any atom is -0.381 e. The van der Waals surface area contributed by atoms with Crippen molar-refractivity contribution < 1.29 is 9.53 Å². The molecule has 4 nitrogen and oxygen atoms in total. The fraction of sp³-hybridized carbons (Fsp3) is 0.833. The van der Waals surface area contributed by atoms with Gasteiger partial charge in [-0.3, -0.25) is 0 Å². The Morgan fingerprint density at radius 2 is 2.09 bits per heavy atom.